The molecule has 1 N–H and O–H groups in total. The maximum absolute atomic E-state index is 5.08. The Balaban J connectivity index is 2.22. The van der Waals surface area contributed by atoms with Gasteiger partial charge in [-0.3, -0.25) is 0 Å². The molecule has 1 aliphatic rings. The predicted molar refractivity (Wildman–Crippen MR) is 55.9 cm³/mol. The highest BCUT2D eigenvalue weighted by Crippen LogP contribution is 2.49. The van der Waals surface area contributed by atoms with Crippen molar-refractivity contribution >= 4 is 0 Å². The third-order valence-electron chi connectivity index (χ3n) is 3.17. The molecule has 2 heteroatoms. The van der Waals surface area contributed by atoms with Gasteiger partial charge in [0.1, 0.15) is 0 Å². The zero-order valence-electron chi connectivity index (χ0n) is 9.23. The Morgan fingerprint density at radius 2 is 2.15 bits per heavy atom. The molecule has 0 aliphatic heterocycles. The Morgan fingerprint density at radius 3 is 2.62 bits per heavy atom. The third-order valence-corrected chi connectivity index (χ3v) is 3.17. The molecule has 1 saturated carbocycles. The molecule has 13 heavy (non-hydrogen) atoms. The minimum atomic E-state index is 0.601. The highest BCUT2D eigenvalue weighted by atomic mass is 16.5. The van der Waals surface area contributed by atoms with Crippen LogP contribution in [0.1, 0.15) is 39.5 Å². The van der Waals surface area contributed by atoms with Crippen LogP contribution in [0.2, 0.25) is 0 Å². The molecule has 1 rings (SSSR count). The summed E-state index contributed by atoms with van der Waals surface area (Å²) in [5.41, 5.74) is 0.601. The minimum Gasteiger partial charge on any atom is -0.385 e. The van der Waals surface area contributed by atoms with E-state index < -0.39 is 0 Å². The second-order valence-electron chi connectivity index (χ2n) is 4.40. The van der Waals surface area contributed by atoms with Gasteiger partial charge in [-0.15, -0.1) is 0 Å². The first-order valence-electron chi connectivity index (χ1n) is 5.45. The molecular weight excluding hydrogens is 162 g/mol. The molecule has 0 saturated heterocycles. The van der Waals surface area contributed by atoms with Crippen molar-refractivity contribution in [3.63, 3.8) is 0 Å². The summed E-state index contributed by atoms with van der Waals surface area (Å²) in [6.45, 7) is 6.58. The van der Waals surface area contributed by atoms with Crippen molar-refractivity contribution in [1.29, 1.82) is 0 Å². The van der Waals surface area contributed by atoms with Crippen LogP contribution >= 0.6 is 0 Å². The second-order valence-corrected chi connectivity index (χ2v) is 4.40. The van der Waals surface area contributed by atoms with Crippen molar-refractivity contribution in [3.8, 4) is 0 Å². The second kappa shape index (κ2) is 4.97. The Bertz CT molecular complexity index is 143. The Labute approximate surface area is 82.0 Å². The van der Waals surface area contributed by atoms with Crippen LogP contribution in [0, 0.1) is 5.41 Å². The molecular formula is C11H23NO. The molecule has 0 heterocycles. The lowest BCUT2D eigenvalue weighted by Gasteiger charge is -2.24. The molecule has 78 valence electrons. The van der Waals surface area contributed by atoms with E-state index in [4.69, 9.17) is 4.74 Å². The van der Waals surface area contributed by atoms with Gasteiger partial charge in [0.05, 0.1) is 0 Å². The van der Waals surface area contributed by atoms with E-state index >= 15 is 0 Å². The van der Waals surface area contributed by atoms with Crippen molar-refractivity contribution in [1.82, 2.24) is 5.32 Å². The van der Waals surface area contributed by atoms with Crippen LogP contribution in [0.15, 0.2) is 0 Å². The fourth-order valence-electron chi connectivity index (χ4n) is 1.92. The lowest BCUT2D eigenvalue weighted by molar-refractivity contribution is 0.183. The van der Waals surface area contributed by atoms with E-state index in [0.29, 0.717) is 11.5 Å². The SMILES string of the molecule is CCNC(CCCOC)C1(C)CC1. The quantitative estimate of drug-likeness (QED) is 0.614. The van der Waals surface area contributed by atoms with Gasteiger partial charge in [0.25, 0.3) is 0 Å². The van der Waals surface area contributed by atoms with E-state index in [2.05, 4.69) is 19.2 Å². The van der Waals surface area contributed by atoms with Crippen LogP contribution in [0.4, 0.5) is 0 Å². The van der Waals surface area contributed by atoms with Gasteiger partial charge < -0.3 is 10.1 Å². The lowest BCUT2D eigenvalue weighted by atomic mass is 9.94. The van der Waals surface area contributed by atoms with Gasteiger partial charge >= 0.3 is 0 Å². The summed E-state index contributed by atoms with van der Waals surface area (Å²) in [5.74, 6) is 0. The molecule has 1 atom stereocenters. The summed E-state index contributed by atoms with van der Waals surface area (Å²) in [4.78, 5) is 0. The molecule has 0 aromatic carbocycles. The fraction of sp³-hybridized carbons (Fsp3) is 1.00. The zero-order chi connectivity index (χ0) is 9.73. The van der Waals surface area contributed by atoms with Crippen LogP contribution in [0.3, 0.4) is 0 Å². The monoisotopic (exact) mass is 185 g/mol. The van der Waals surface area contributed by atoms with Crippen LogP contribution < -0.4 is 5.32 Å². The number of methoxy groups -OCH3 is 1. The molecule has 0 amide bonds. The first kappa shape index (κ1) is 11.0. The molecule has 0 aromatic rings. The summed E-state index contributed by atoms with van der Waals surface area (Å²) >= 11 is 0. The topological polar surface area (TPSA) is 21.3 Å². The molecule has 0 spiro atoms. The summed E-state index contributed by atoms with van der Waals surface area (Å²) in [6, 6.07) is 0.715. The van der Waals surface area contributed by atoms with Gasteiger partial charge in [-0.25, -0.2) is 0 Å². The molecule has 1 unspecified atom stereocenters. The van der Waals surface area contributed by atoms with Gasteiger partial charge in [0.15, 0.2) is 0 Å². The molecule has 2 nitrogen and oxygen atoms in total. The summed E-state index contributed by atoms with van der Waals surface area (Å²) in [7, 11) is 1.78. The van der Waals surface area contributed by atoms with Crippen molar-refractivity contribution in [2.24, 2.45) is 5.41 Å². The van der Waals surface area contributed by atoms with E-state index in [0.717, 1.165) is 13.2 Å². The standard InChI is InChI=1S/C11H23NO/c1-4-12-10(6-5-9-13-3)11(2)7-8-11/h10,12H,4-9H2,1-3H3. The maximum Gasteiger partial charge on any atom is 0.0462 e. The fourth-order valence-corrected chi connectivity index (χ4v) is 1.92. The maximum atomic E-state index is 5.08. The van der Waals surface area contributed by atoms with Crippen LogP contribution in [-0.2, 0) is 4.74 Å². The third kappa shape index (κ3) is 3.28. The van der Waals surface area contributed by atoms with Crippen LogP contribution in [-0.4, -0.2) is 26.3 Å². The molecule has 0 radical (unpaired) electrons. The van der Waals surface area contributed by atoms with E-state index in [1.165, 1.54) is 25.7 Å². The van der Waals surface area contributed by atoms with Crippen molar-refractivity contribution < 1.29 is 4.74 Å². The van der Waals surface area contributed by atoms with Crippen molar-refractivity contribution in [2.45, 2.75) is 45.6 Å². The highest BCUT2D eigenvalue weighted by molar-refractivity contribution is 4.98. The van der Waals surface area contributed by atoms with Gasteiger partial charge in [-0.1, -0.05) is 13.8 Å². The van der Waals surface area contributed by atoms with Gasteiger partial charge in [0.2, 0.25) is 0 Å². The Hall–Kier alpha value is -0.0800. The molecule has 1 fully saturated rings. The molecule has 0 bridgehead atoms. The van der Waals surface area contributed by atoms with E-state index in [1.54, 1.807) is 7.11 Å². The normalized spacial score (nSPS) is 21.5. The molecule has 1 aliphatic carbocycles. The summed E-state index contributed by atoms with van der Waals surface area (Å²) in [6.07, 6.45) is 5.25. The largest absolute Gasteiger partial charge is 0.385 e. The van der Waals surface area contributed by atoms with E-state index in [1.807, 2.05) is 0 Å². The average molecular weight is 185 g/mol. The zero-order valence-corrected chi connectivity index (χ0v) is 9.23. The summed E-state index contributed by atoms with van der Waals surface area (Å²) < 4.78 is 5.08. The lowest BCUT2D eigenvalue weighted by Crippen LogP contribution is -2.36. The van der Waals surface area contributed by atoms with Gasteiger partial charge in [-0.05, 0) is 37.6 Å². The van der Waals surface area contributed by atoms with Crippen LogP contribution in [0.5, 0.6) is 0 Å². The highest BCUT2D eigenvalue weighted by Gasteiger charge is 2.43. The number of nitrogens with one attached hydrogen (secondary N) is 1. The smallest absolute Gasteiger partial charge is 0.0462 e. The minimum absolute atomic E-state index is 0.601. The first-order chi connectivity index (χ1) is 6.23. The average Bonchev–Trinajstić information content (AvgIpc) is 2.84. The number of hydrogen-bond donors (Lipinski definition) is 1. The number of hydrogen-bond acceptors (Lipinski definition) is 2. The molecule has 0 aromatic heterocycles. The summed E-state index contributed by atoms with van der Waals surface area (Å²) in [5, 5.41) is 3.59. The van der Waals surface area contributed by atoms with Crippen molar-refractivity contribution in [2.75, 3.05) is 20.3 Å². The van der Waals surface area contributed by atoms with E-state index in [9.17, 15) is 0 Å². The van der Waals surface area contributed by atoms with Gasteiger partial charge in [0, 0.05) is 19.8 Å². The van der Waals surface area contributed by atoms with Crippen molar-refractivity contribution in [3.05, 3.63) is 0 Å². The van der Waals surface area contributed by atoms with E-state index in [-0.39, 0.29) is 0 Å². The Morgan fingerprint density at radius 1 is 1.46 bits per heavy atom. The Kier molecular flexibility index (Phi) is 4.20. The predicted octanol–water partition coefficient (Wildman–Crippen LogP) is 2.19. The van der Waals surface area contributed by atoms with Crippen LogP contribution in [0.25, 0.3) is 0 Å². The number of rotatable bonds is 7. The van der Waals surface area contributed by atoms with Gasteiger partial charge in [-0.2, -0.15) is 0 Å². The first-order valence-corrected chi connectivity index (χ1v) is 5.45. The number of ether oxygens (including phenoxy) is 1.